The van der Waals surface area contributed by atoms with Crippen molar-refractivity contribution in [1.29, 1.82) is 0 Å². The van der Waals surface area contributed by atoms with Crippen molar-refractivity contribution in [2.45, 2.75) is 0 Å². The summed E-state index contributed by atoms with van der Waals surface area (Å²) in [6, 6.07) is 33.8. The molecule has 0 radical (unpaired) electrons. The first-order valence-corrected chi connectivity index (χ1v) is 15.3. The van der Waals surface area contributed by atoms with E-state index in [1.165, 1.54) is 34.1 Å². The molecule has 2 aliphatic rings. The Balaban J connectivity index is 1.41. The fourth-order valence-corrected chi connectivity index (χ4v) is 9.94. The van der Waals surface area contributed by atoms with Gasteiger partial charge in [0.25, 0.3) is 11.4 Å². The lowest BCUT2D eigenvalue weighted by molar-refractivity contribution is -0.385. The molecule has 0 unspecified atom stereocenters. The smallest absolute Gasteiger partial charge is 0.258 e. The molecular formula is C30H18N2O4S4. The standard InChI is InChI=1S/C30H18N2O4S4/c33-31(34)23-15-11-21(12-16-23)27-28(22-13-17-24(18-14-22)32(35)36)40-30(39-27)29-37-25(19-7-3-1-4-8-19)26(38-29)20-9-5-2-6-10-20/h1-18H. The number of nitro groups is 2. The highest BCUT2D eigenvalue weighted by Crippen LogP contribution is 2.66. The third kappa shape index (κ3) is 5.35. The van der Waals surface area contributed by atoms with E-state index in [-0.39, 0.29) is 11.4 Å². The normalized spacial score (nSPS) is 15.2. The molecule has 0 spiro atoms. The van der Waals surface area contributed by atoms with Crippen LogP contribution in [-0.4, -0.2) is 9.85 Å². The van der Waals surface area contributed by atoms with E-state index in [0.717, 1.165) is 40.5 Å². The molecule has 6 nitrogen and oxygen atoms in total. The number of nitrogens with zero attached hydrogens (tertiary/aromatic N) is 2. The molecule has 0 fully saturated rings. The average molecular weight is 599 g/mol. The molecule has 0 aliphatic carbocycles. The van der Waals surface area contributed by atoms with Crippen LogP contribution in [0.25, 0.3) is 19.6 Å². The summed E-state index contributed by atoms with van der Waals surface area (Å²) in [7, 11) is 0. The predicted octanol–water partition coefficient (Wildman–Crippen LogP) is 9.94. The third-order valence-electron chi connectivity index (χ3n) is 6.11. The predicted molar refractivity (Wildman–Crippen MR) is 170 cm³/mol. The van der Waals surface area contributed by atoms with Gasteiger partial charge in [-0.3, -0.25) is 20.2 Å². The molecule has 4 aromatic rings. The zero-order valence-electron chi connectivity index (χ0n) is 20.6. The van der Waals surface area contributed by atoms with Gasteiger partial charge in [0.05, 0.1) is 18.3 Å². The van der Waals surface area contributed by atoms with Crippen molar-refractivity contribution in [2.24, 2.45) is 0 Å². The minimum atomic E-state index is -0.410. The summed E-state index contributed by atoms with van der Waals surface area (Å²) in [5.41, 5.74) is 4.09. The molecule has 10 heteroatoms. The second-order valence-corrected chi connectivity index (χ2v) is 13.2. The van der Waals surface area contributed by atoms with Gasteiger partial charge in [0, 0.05) is 43.9 Å². The Morgan fingerprint density at radius 1 is 0.400 bits per heavy atom. The maximum atomic E-state index is 11.2. The Kier molecular flexibility index (Phi) is 7.57. The molecule has 0 amide bonds. The van der Waals surface area contributed by atoms with E-state index in [2.05, 4.69) is 24.3 Å². The lowest BCUT2D eigenvalue weighted by Crippen LogP contribution is -1.89. The van der Waals surface area contributed by atoms with Crippen LogP contribution < -0.4 is 0 Å². The number of rotatable bonds is 6. The van der Waals surface area contributed by atoms with Crippen LogP contribution >= 0.6 is 47.0 Å². The minimum absolute atomic E-state index is 0.0292. The summed E-state index contributed by atoms with van der Waals surface area (Å²) in [6.07, 6.45) is 0. The molecular weight excluding hydrogens is 581 g/mol. The van der Waals surface area contributed by atoms with Gasteiger partial charge < -0.3 is 0 Å². The lowest BCUT2D eigenvalue weighted by atomic mass is 10.1. The van der Waals surface area contributed by atoms with Crippen molar-refractivity contribution in [2.75, 3.05) is 0 Å². The van der Waals surface area contributed by atoms with Crippen molar-refractivity contribution in [3.63, 3.8) is 0 Å². The Morgan fingerprint density at radius 2 is 0.675 bits per heavy atom. The lowest BCUT2D eigenvalue weighted by Gasteiger charge is -2.06. The quantitative estimate of drug-likeness (QED) is 0.160. The van der Waals surface area contributed by atoms with Crippen LogP contribution in [0.2, 0.25) is 0 Å². The average Bonchev–Trinajstić information content (AvgIpc) is 3.64. The van der Waals surface area contributed by atoms with Crippen molar-refractivity contribution in [1.82, 2.24) is 0 Å². The highest BCUT2D eigenvalue weighted by atomic mass is 32.2. The number of non-ortho nitro benzene ring substituents is 2. The number of hydrogen-bond donors (Lipinski definition) is 0. The summed E-state index contributed by atoms with van der Waals surface area (Å²) in [4.78, 5) is 26.0. The first-order chi connectivity index (χ1) is 19.5. The Morgan fingerprint density at radius 3 is 0.950 bits per heavy atom. The second-order valence-electron chi connectivity index (χ2n) is 8.64. The Hall–Kier alpha value is -3.70. The van der Waals surface area contributed by atoms with Crippen molar-refractivity contribution in [3.05, 3.63) is 160 Å². The van der Waals surface area contributed by atoms with Gasteiger partial charge in [-0.2, -0.15) is 0 Å². The molecule has 0 saturated heterocycles. The van der Waals surface area contributed by atoms with Crippen LogP contribution in [0.1, 0.15) is 22.3 Å². The molecule has 0 atom stereocenters. The van der Waals surface area contributed by atoms with Gasteiger partial charge in [-0.1, -0.05) is 108 Å². The highest BCUT2D eigenvalue weighted by molar-refractivity contribution is 8.39. The van der Waals surface area contributed by atoms with Crippen LogP contribution in [0, 0.1) is 20.2 Å². The van der Waals surface area contributed by atoms with Gasteiger partial charge in [-0.25, -0.2) is 0 Å². The van der Waals surface area contributed by atoms with Crippen molar-refractivity contribution < 1.29 is 9.85 Å². The number of thioether (sulfide) groups is 4. The zero-order valence-corrected chi connectivity index (χ0v) is 23.8. The van der Waals surface area contributed by atoms with Crippen LogP contribution in [0.4, 0.5) is 11.4 Å². The van der Waals surface area contributed by atoms with Gasteiger partial charge >= 0.3 is 0 Å². The molecule has 0 bridgehead atoms. The van der Waals surface area contributed by atoms with E-state index in [9.17, 15) is 20.2 Å². The van der Waals surface area contributed by atoms with E-state index < -0.39 is 9.85 Å². The van der Waals surface area contributed by atoms with E-state index >= 15 is 0 Å². The molecule has 4 aromatic carbocycles. The highest BCUT2D eigenvalue weighted by Gasteiger charge is 2.32. The SMILES string of the molecule is O=[N+]([O-])c1ccc(C2=C(c3ccc([N+](=O)[O-])cc3)SC(=C3SC(c4ccccc4)=C(c4ccccc4)S3)S2)cc1. The topological polar surface area (TPSA) is 86.3 Å². The fourth-order valence-electron chi connectivity index (χ4n) is 4.17. The van der Waals surface area contributed by atoms with Crippen molar-refractivity contribution in [3.8, 4) is 0 Å². The van der Waals surface area contributed by atoms with Crippen LogP contribution in [0.15, 0.2) is 118 Å². The van der Waals surface area contributed by atoms with Gasteiger partial charge in [0.1, 0.15) is 0 Å². The Bertz CT molecular complexity index is 1590. The summed E-state index contributed by atoms with van der Waals surface area (Å²) in [5, 5.41) is 22.5. The molecule has 196 valence electrons. The first kappa shape index (κ1) is 26.5. The van der Waals surface area contributed by atoms with E-state index in [4.69, 9.17) is 0 Å². The van der Waals surface area contributed by atoms with E-state index in [1.807, 2.05) is 36.4 Å². The third-order valence-corrected chi connectivity index (χ3v) is 12.0. The maximum Gasteiger partial charge on any atom is 0.269 e. The fraction of sp³-hybridized carbons (Fsp3) is 0. The molecule has 0 N–H and O–H groups in total. The Labute approximate surface area is 247 Å². The largest absolute Gasteiger partial charge is 0.269 e. The molecule has 6 rings (SSSR count). The van der Waals surface area contributed by atoms with Gasteiger partial charge in [0.2, 0.25) is 0 Å². The number of nitro benzene ring substituents is 2. The van der Waals surface area contributed by atoms with E-state index in [1.54, 1.807) is 71.3 Å². The number of benzene rings is 4. The molecule has 0 saturated carbocycles. The first-order valence-electron chi connectivity index (χ1n) is 12.0. The van der Waals surface area contributed by atoms with Crippen molar-refractivity contribution >= 4 is 78.0 Å². The summed E-state index contributed by atoms with van der Waals surface area (Å²) in [5.74, 6) is 0. The van der Waals surface area contributed by atoms with Gasteiger partial charge in [0.15, 0.2) is 0 Å². The molecule has 2 aliphatic heterocycles. The summed E-state index contributed by atoms with van der Waals surface area (Å²) in [6.45, 7) is 0. The van der Waals surface area contributed by atoms with Crippen LogP contribution in [-0.2, 0) is 0 Å². The molecule has 0 aromatic heterocycles. The van der Waals surface area contributed by atoms with Crippen LogP contribution in [0.3, 0.4) is 0 Å². The summed E-state index contributed by atoms with van der Waals surface area (Å²) < 4.78 is 2.26. The minimum Gasteiger partial charge on any atom is -0.258 e. The number of hydrogen-bond acceptors (Lipinski definition) is 8. The van der Waals surface area contributed by atoms with E-state index in [0.29, 0.717) is 0 Å². The molecule has 40 heavy (non-hydrogen) atoms. The summed E-state index contributed by atoms with van der Waals surface area (Å²) >= 11 is 6.76. The second kappa shape index (κ2) is 11.4. The van der Waals surface area contributed by atoms with Crippen LogP contribution in [0.5, 0.6) is 0 Å². The molecule has 2 heterocycles. The maximum absolute atomic E-state index is 11.2. The monoisotopic (exact) mass is 598 g/mol. The van der Waals surface area contributed by atoms with Gasteiger partial charge in [-0.05, 0) is 46.5 Å². The van der Waals surface area contributed by atoms with Gasteiger partial charge in [-0.15, -0.1) is 0 Å². The zero-order chi connectivity index (χ0) is 27.6.